The summed E-state index contributed by atoms with van der Waals surface area (Å²) in [4.78, 5) is 10.7. The Bertz CT molecular complexity index is 614. The van der Waals surface area contributed by atoms with Gasteiger partial charge < -0.3 is 10.4 Å². The molecule has 0 aliphatic carbocycles. The first-order chi connectivity index (χ1) is 9.08. The van der Waals surface area contributed by atoms with Crippen LogP contribution in [0.4, 0.5) is 20.2 Å². The summed E-state index contributed by atoms with van der Waals surface area (Å²) in [5, 5.41) is 11.5. The van der Waals surface area contributed by atoms with Crippen LogP contribution in [0.2, 0.25) is 0 Å². The van der Waals surface area contributed by atoms with Gasteiger partial charge in [-0.15, -0.1) is 0 Å². The van der Waals surface area contributed by atoms with Gasteiger partial charge in [-0.05, 0) is 23.8 Å². The monoisotopic (exact) mass is 263 g/mol. The topological polar surface area (TPSA) is 49.3 Å². The Kier molecular flexibility index (Phi) is 3.75. The van der Waals surface area contributed by atoms with E-state index in [-0.39, 0.29) is 12.1 Å². The van der Waals surface area contributed by atoms with E-state index in [0.29, 0.717) is 11.3 Å². The molecule has 0 aromatic heterocycles. The molecule has 0 atom stereocenters. The first-order valence-electron chi connectivity index (χ1n) is 5.58. The molecule has 0 bridgehead atoms. The number of carbonyl (C=O) groups is 1. The molecule has 0 spiro atoms. The Morgan fingerprint density at radius 2 is 1.74 bits per heavy atom. The number of halogens is 2. The first-order valence-corrected chi connectivity index (χ1v) is 5.58. The highest BCUT2D eigenvalue weighted by Crippen LogP contribution is 2.24. The second-order valence-electron chi connectivity index (χ2n) is 3.95. The highest BCUT2D eigenvalue weighted by Gasteiger charge is 2.10. The molecule has 0 radical (unpaired) electrons. The predicted octanol–water partition coefficient (Wildman–Crippen LogP) is 3.34. The number of hydrogen-bond acceptors (Lipinski definition) is 2. The molecule has 2 rings (SSSR count). The normalized spacial score (nSPS) is 10.2. The van der Waals surface area contributed by atoms with Crippen molar-refractivity contribution < 1.29 is 18.7 Å². The smallest absolute Gasteiger partial charge is 0.307 e. The van der Waals surface area contributed by atoms with E-state index in [1.165, 1.54) is 12.1 Å². The maximum Gasteiger partial charge on any atom is 0.307 e. The van der Waals surface area contributed by atoms with Crippen LogP contribution in [-0.2, 0) is 11.2 Å². The van der Waals surface area contributed by atoms with Crippen LogP contribution in [-0.4, -0.2) is 11.1 Å². The molecule has 0 aliphatic heterocycles. The molecule has 3 nitrogen and oxygen atoms in total. The fraction of sp³-hybridized carbons (Fsp3) is 0.0714. The van der Waals surface area contributed by atoms with E-state index in [2.05, 4.69) is 5.32 Å². The van der Waals surface area contributed by atoms with Gasteiger partial charge in [0.15, 0.2) is 11.6 Å². The maximum atomic E-state index is 13.5. The quantitative estimate of drug-likeness (QED) is 0.889. The summed E-state index contributed by atoms with van der Waals surface area (Å²) < 4.78 is 26.6. The van der Waals surface area contributed by atoms with Crippen LogP contribution in [0.3, 0.4) is 0 Å². The average Bonchev–Trinajstić information content (AvgIpc) is 2.36. The van der Waals surface area contributed by atoms with Crippen molar-refractivity contribution in [3.63, 3.8) is 0 Å². The van der Waals surface area contributed by atoms with Crippen molar-refractivity contribution >= 4 is 17.3 Å². The molecule has 0 unspecified atom stereocenters. The SMILES string of the molecule is O=C(O)Cc1ccccc1Nc1cccc(F)c1F. The average molecular weight is 263 g/mol. The zero-order valence-electron chi connectivity index (χ0n) is 9.86. The minimum absolute atomic E-state index is 0.0298. The summed E-state index contributed by atoms with van der Waals surface area (Å²) in [5.74, 6) is -2.94. The van der Waals surface area contributed by atoms with E-state index in [0.717, 1.165) is 6.07 Å². The molecule has 0 fully saturated rings. The van der Waals surface area contributed by atoms with Crippen LogP contribution >= 0.6 is 0 Å². The second kappa shape index (κ2) is 5.48. The van der Waals surface area contributed by atoms with Gasteiger partial charge in [0.25, 0.3) is 0 Å². The van der Waals surface area contributed by atoms with Crippen LogP contribution in [0.25, 0.3) is 0 Å². The summed E-state index contributed by atoms with van der Waals surface area (Å²) in [5.41, 5.74) is 0.908. The molecule has 5 heteroatoms. The Labute approximate surface area is 108 Å². The van der Waals surface area contributed by atoms with Gasteiger partial charge in [0, 0.05) is 5.69 Å². The molecule has 19 heavy (non-hydrogen) atoms. The van der Waals surface area contributed by atoms with Crippen molar-refractivity contribution in [3.05, 3.63) is 59.7 Å². The molecule has 0 saturated heterocycles. The number of aliphatic carboxylic acids is 1. The van der Waals surface area contributed by atoms with Gasteiger partial charge in [-0.1, -0.05) is 24.3 Å². The summed E-state index contributed by atoms with van der Waals surface area (Å²) >= 11 is 0. The largest absolute Gasteiger partial charge is 0.481 e. The molecule has 0 amide bonds. The molecule has 0 heterocycles. The number of hydrogen-bond donors (Lipinski definition) is 2. The van der Waals surface area contributed by atoms with Crippen molar-refractivity contribution in [2.75, 3.05) is 5.32 Å². The van der Waals surface area contributed by atoms with Gasteiger partial charge >= 0.3 is 5.97 Å². The number of para-hydroxylation sites is 1. The first kappa shape index (κ1) is 13.0. The van der Waals surface area contributed by atoms with Crippen molar-refractivity contribution in [2.24, 2.45) is 0 Å². The lowest BCUT2D eigenvalue weighted by Crippen LogP contribution is -2.04. The third-order valence-corrected chi connectivity index (χ3v) is 2.58. The van der Waals surface area contributed by atoms with Gasteiger partial charge in [-0.25, -0.2) is 8.78 Å². The van der Waals surface area contributed by atoms with Gasteiger partial charge in [-0.3, -0.25) is 4.79 Å². The molecule has 0 saturated carbocycles. The predicted molar refractivity (Wildman–Crippen MR) is 67.4 cm³/mol. The standard InChI is InChI=1S/C14H11F2NO2/c15-10-5-3-7-12(14(10)16)17-11-6-2-1-4-9(11)8-13(18)19/h1-7,17H,8H2,(H,18,19). The molecular formula is C14H11F2NO2. The third kappa shape index (κ3) is 3.07. The molecule has 2 aromatic rings. The molecule has 2 aromatic carbocycles. The highest BCUT2D eigenvalue weighted by atomic mass is 19.2. The van der Waals surface area contributed by atoms with Crippen molar-refractivity contribution in [3.8, 4) is 0 Å². The lowest BCUT2D eigenvalue weighted by atomic mass is 10.1. The van der Waals surface area contributed by atoms with Crippen LogP contribution in [0.1, 0.15) is 5.56 Å². The fourth-order valence-corrected chi connectivity index (χ4v) is 1.70. The number of anilines is 2. The minimum Gasteiger partial charge on any atom is -0.481 e. The Morgan fingerprint density at radius 3 is 2.47 bits per heavy atom. The van der Waals surface area contributed by atoms with Crippen molar-refractivity contribution in [1.82, 2.24) is 0 Å². The number of rotatable bonds is 4. The molecular weight excluding hydrogens is 252 g/mol. The van der Waals surface area contributed by atoms with Crippen LogP contribution in [0, 0.1) is 11.6 Å². The van der Waals surface area contributed by atoms with Crippen molar-refractivity contribution in [1.29, 1.82) is 0 Å². The highest BCUT2D eigenvalue weighted by molar-refractivity contribution is 5.75. The van der Waals surface area contributed by atoms with Gasteiger partial charge in [-0.2, -0.15) is 0 Å². The minimum atomic E-state index is -0.993. The molecule has 2 N–H and O–H groups in total. The van der Waals surface area contributed by atoms with E-state index in [1.807, 2.05) is 0 Å². The van der Waals surface area contributed by atoms with E-state index < -0.39 is 17.6 Å². The summed E-state index contributed by atoms with van der Waals surface area (Å²) in [6.07, 6.45) is -0.194. The van der Waals surface area contributed by atoms with E-state index in [9.17, 15) is 13.6 Å². The maximum absolute atomic E-state index is 13.5. The summed E-state index contributed by atoms with van der Waals surface area (Å²) in [7, 11) is 0. The second-order valence-corrected chi connectivity index (χ2v) is 3.95. The van der Waals surface area contributed by atoms with E-state index >= 15 is 0 Å². The van der Waals surface area contributed by atoms with Gasteiger partial charge in [0.05, 0.1) is 12.1 Å². The lowest BCUT2D eigenvalue weighted by Gasteiger charge is -2.11. The Morgan fingerprint density at radius 1 is 1.05 bits per heavy atom. The number of carboxylic acid groups (broad SMARTS) is 1. The van der Waals surface area contributed by atoms with Crippen LogP contribution in [0.5, 0.6) is 0 Å². The van der Waals surface area contributed by atoms with Crippen LogP contribution < -0.4 is 5.32 Å². The molecule has 0 aliphatic rings. The zero-order valence-corrected chi connectivity index (χ0v) is 9.86. The fourth-order valence-electron chi connectivity index (χ4n) is 1.70. The van der Waals surface area contributed by atoms with E-state index in [1.54, 1.807) is 24.3 Å². The molecule has 98 valence electrons. The van der Waals surface area contributed by atoms with Crippen LogP contribution in [0.15, 0.2) is 42.5 Å². The number of benzene rings is 2. The lowest BCUT2D eigenvalue weighted by molar-refractivity contribution is -0.136. The van der Waals surface area contributed by atoms with E-state index in [4.69, 9.17) is 5.11 Å². The van der Waals surface area contributed by atoms with Crippen molar-refractivity contribution in [2.45, 2.75) is 6.42 Å². The van der Waals surface area contributed by atoms with Gasteiger partial charge in [0.2, 0.25) is 0 Å². The summed E-state index contributed by atoms with van der Waals surface area (Å²) in [6.45, 7) is 0. The zero-order chi connectivity index (χ0) is 13.8. The summed E-state index contributed by atoms with van der Waals surface area (Å²) in [6, 6.07) is 10.4. The number of carboxylic acids is 1. The Hall–Kier alpha value is -2.43. The third-order valence-electron chi connectivity index (χ3n) is 2.58. The van der Waals surface area contributed by atoms with Gasteiger partial charge in [0.1, 0.15) is 0 Å². The Balaban J connectivity index is 2.33. The number of nitrogens with one attached hydrogen (secondary N) is 1.